The molecule has 0 spiro atoms. The summed E-state index contributed by atoms with van der Waals surface area (Å²) >= 11 is 0. The Morgan fingerprint density at radius 2 is 2.00 bits per heavy atom. The van der Waals surface area contributed by atoms with Crippen LogP contribution in [-0.2, 0) is 14.8 Å². The number of hydrogen-bond donors (Lipinski definition) is 0. The van der Waals surface area contributed by atoms with Gasteiger partial charge in [-0.25, -0.2) is 8.42 Å². The lowest BCUT2D eigenvalue weighted by molar-refractivity contribution is -0.128. The van der Waals surface area contributed by atoms with Crippen molar-refractivity contribution in [3.8, 4) is 5.75 Å². The number of ether oxygens (including phenoxy) is 1. The number of rotatable bonds is 3. The number of Topliss-reactive ketones (excluding diaryl/α,β-unsaturated/α-hetero) is 1. The van der Waals surface area contributed by atoms with Gasteiger partial charge >= 0.3 is 0 Å². The molecule has 0 amide bonds. The number of carbonyl (C=O) groups excluding carboxylic acids is 1. The monoisotopic (exact) mass is 374 g/mol. The topological polar surface area (TPSA) is 76.6 Å². The minimum absolute atomic E-state index is 0.157. The third-order valence-electron chi connectivity index (χ3n) is 5.59. The van der Waals surface area contributed by atoms with Crippen LogP contribution < -0.4 is 4.74 Å². The van der Waals surface area contributed by atoms with E-state index in [1.807, 2.05) is 0 Å². The number of nitrogens with zero attached hydrogens (tertiary/aromatic N) is 2. The zero-order chi connectivity index (χ0) is 18.3. The molecule has 2 heterocycles. The number of ketones is 1. The highest BCUT2D eigenvalue weighted by Crippen LogP contribution is 2.38. The van der Waals surface area contributed by atoms with Crippen molar-refractivity contribution in [1.29, 1.82) is 0 Å². The molecule has 0 unspecified atom stereocenters. The fraction of sp³-hybridized carbons (Fsp3) is 0.474. The number of fused-ring (bicyclic) bond motifs is 2. The number of aromatic nitrogens is 1. The summed E-state index contributed by atoms with van der Waals surface area (Å²) in [6.45, 7) is 0.260. The SMILES string of the molecule is COc1cccc2c(S(=O)(=O)N3CCC(=O)[C@@H]4CCCC[C@H]43)ccnc12. The number of sulfonamides is 1. The first-order valence-electron chi connectivity index (χ1n) is 9.00. The Morgan fingerprint density at radius 1 is 1.19 bits per heavy atom. The maximum atomic E-state index is 13.5. The minimum atomic E-state index is -3.72. The zero-order valence-corrected chi connectivity index (χ0v) is 15.5. The normalized spacial score (nSPS) is 24.4. The summed E-state index contributed by atoms with van der Waals surface area (Å²) in [6, 6.07) is 6.62. The van der Waals surface area contributed by atoms with Crippen LogP contribution in [0.4, 0.5) is 0 Å². The summed E-state index contributed by atoms with van der Waals surface area (Å²) in [6.07, 6.45) is 5.31. The highest BCUT2D eigenvalue weighted by atomic mass is 32.2. The van der Waals surface area contributed by atoms with Crippen LogP contribution in [0.2, 0.25) is 0 Å². The molecule has 0 radical (unpaired) electrons. The van der Waals surface area contributed by atoms with Crippen molar-refractivity contribution in [2.75, 3.05) is 13.7 Å². The predicted molar refractivity (Wildman–Crippen MR) is 97.6 cm³/mol. The molecule has 2 fully saturated rings. The van der Waals surface area contributed by atoms with Crippen LogP contribution >= 0.6 is 0 Å². The third kappa shape index (κ3) is 2.70. The van der Waals surface area contributed by atoms with Gasteiger partial charge in [-0.1, -0.05) is 25.0 Å². The van der Waals surface area contributed by atoms with Gasteiger partial charge in [-0.2, -0.15) is 4.31 Å². The van der Waals surface area contributed by atoms with E-state index in [2.05, 4.69) is 4.98 Å². The molecule has 1 aliphatic heterocycles. The maximum absolute atomic E-state index is 13.5. The third-order valence-corrected chi connectivity index (χ3v) is 7.57. The molecule has 1 saturated heterocycles. The smallest absolute Gasteiger partial charge is 0.244 e. The molecule has 1 aliphatic carbocycles. The van der Waals surface area contributed by atoms with Crippen molar-refractivity contribution in [3.05, 3.63) is 30.5 Å². The first-order valence-corrected chi connectivity index (χ1v) is 10.4. The maximum Gasteiger partial charge on any atom is 0.244 e. The Morgan fingerprint density at radius 3 is 2.81 bits per heavy atom. The number of hydrogen-bond acceptors (Lipinski definition) is 5. The molecule has 0 N–H and O–H groups in total. The van der Waals surface area contributed by atoms with Gasteiger partial charge in [0.25, 0.3) is 0 Å². The fourth-order valence-electron chi connectivity index (χ4n) is 4.34. The van der Waals surface area contributed by atoms with Crippen LogP contribution in [0.3, 0.4) is 0 Å². The van der Waals surface area contributed by atoms with E-state index in [0.717, 1.165) is 25.7 Å². The number of benzene rings is 1. The second-order valence-electron chi connectivity index (χ2n) is 6.96. The van der Waals surface area contributed by atoms with E-state index < -0.39 is 10.0 Å². The average Bonchev–Trinajstić information content (AvgIpc) is 2.67. The first kappa shape index (κ1) is 17.4. The van der Waals surface area contributed by atoms with E-state index in [0.29, 0.717) is 23.1 Å². The van der Waals surface area contributed by atoms with E-state index >= 15 is 0 Å². The molecule has 26 heavy (non-hydrogen) atoms. The van der Waals surface area contributed by atoms with E-state index in [9.17, 15) is 13.2 Å². The standard InChI is InChI=1S/C19H22N2O4S/c1-25-17-8-4-6-14-18(9-11-20-19(14)17)26(23,24)21-12-10-16(22)13-5-2-3-7-15(13)21/h4,6,8-9,11,13,15H,2-3,5,7,10,12H2,1H3/t13-,15-/m1/s1. The summed E-state index contributed by atoms with van der Waals surface area (Å²) < 4.78 is 33.9. The van der Waals surface area contributed by atoms with Gasteiger partial charge in [0, 0.05) is 36.5 Å². The van der Waals surface area contributed by atoms with Crippen LogP contribution in [0.25, 0.3) is 10.9 Å². The number of para-hydroxylation sites is 1. The Labute approximate surface area is 153 Å². The predicted octanol–water partition coefficient (Wildman–Crippen LogP) is 2.77. The zero-order valence-electron chi connectivity index (χ0n) is 14.7. The molecular weight excluding hydrogens is 352 g/mol. The molecule has 2 aliphatic rings. The second-order valence-corrected chi connectivity index (χ2v) is 8.81. The Bertz CT molecular complexity index is 957. The van der Waals surface area contributed by atoms with E-state index in [-0.39, 0.29) is 29.2 Å². The van der Waals surface area contributed by atoms with Crippen molar-refractivity contribution in [2.45, 2.75) is 43.0 Å². The molecule has 1 saturated carbocycles. The Kier molecular flexibility index (Phi) is 4.44. The molecule has 1 aromatic carbocycles. The van der Waals surface area contributed by atoms with Crippen molar-refractivity contribution in [2.24, 2.45) is 5.92 Å². The number of methoxy groups -OCH3 is 1. The van der Waals surface area contributed by atoms with Crippen LogP contribution in [-0.4, -0.2) is 43.2 Å². The first-order chi connectivity index (χ1) is 12.5. The van der Waals surface area contributed by atoms with Crippen LogP contribution in [0.1, 0.15) is 32.1 Å². The number of carbonyl (C=O) groups is 1. The molecule has 1 aromatic heterocycles. The van der Waals surface area contributed by atoms with Gasteiger partial charge in [-0.05, 0) is 25.0 Å². The summed E-state index contributed by atoms with van der Waals surface area (Å²) in [4.78, 5) is 16.8. The summed E-state index contributed by atoms with van der Waals surface area (Å²) in [5.41, 5.74) is 0.532. The molecule has 0 bridgehead atoms. The molecule has 6 nitrogen and oxygen atoms in total. The number of pyridine rings is 1. The summed E-state index contributed by atoms with van der Waals surface area (Å²) in [5.74, 6) is 0.598. The quantitative estimate of drug-likeness (QED) is 0.826. The van der Waals surface area contributed by atoms with Gasteiger partial charge in [0.15, 0.2) is 0 Å². The number of piperidine rings is 1. The second kappa shape index (κ2) is 6.63. The van der Waals surface area contributed by atoms with Crippen LogP contribution in [0.15, 0.2) is 35.4 Å². The fourth-order valence-corrected chi connectivity index (χ4v) is 6.21. The average molecular weight is 374 g/mol. The lowest BCUT2D eigenvalue weighted by atomic mass is 9.79. The highest BCUT2D eigenvalue weighted by molar-refractivity contribution is 7.89. The summed E-state index contributed by atoms with van der Waals surface area (Å²) in [5, 5.41) is 0.552. The van der Waals surface area contributed by atoms with Gasteiger partial charge in [0.2, 0.25) is 10.0 Å². The van der Waals surface area contributed by atoms with Crippen molar-refractivity contribution in [1.82, 2.24) is 9.29 Å². The highest BCUT2D eigenvalue weighted by Gasteiger charge is 2.44. The van der Waals surface area contributed by atoms with Gasteiger partial charge < -0.3 is 4.74 Å². The van der Waals surface area contributed by atoms with Crippen molar-refractivity contribution >= 4 is 26.7 Å². The van der Waals surface area contributed by atoms with E-state index in [1.165, 1.54) is 6.20 Å². The molecule has 138 valence electrons. The molecule has 4 rings (SSSR count). The molecule has 2 atom stereocenters. The lowest BCUT2D eigenvalue weighted by Crippen LogP contribution is -2.53. The minimum Gasteiger partial charge on any atom is -0.494 e. The van der Waals surface area contributed by atoms with E-state index in [1.54, 1.807) is 35.7 Å². The molecular formula is C19H22N2O4S. The largest absolute Gasteiger partial charge is 0.494 e. The van der Waals surface area contributed by atoms with Gasteiger partial charge in [0.05, 0.1) is 12.0 Å². The van der Waals surface area contributed by atoms with Crippen LogP contribution in [0.5, 0.6) is 5.75 Å². The Hall–Kier alpha value is -1.99. The lowest BCUT2D eigenvalue weighted by Gasteiger charge is -2.42. The van der Waals surface area contributed by atoms with Crippen LogP contribution in [0, 0.1) is 5.92 Å². The van der Waals surface area contributed by atoms with E-state index in [4.69, 9.17) is 4.74 Å². The summed E-state index contributed by atoms with van der Waals surface area (Å²) in [7, 11) is -2.18. The Balaban J connectivity index is 1.82. The molecule has 2 aromatic rings. The van der Waals surface area contributed by atoms with Gasteiger partial charge in [-0.3, -0.25) is 9.78 Å². The van der Waals surface area contributed by atoms with Crippen molar-refractivity contribution in [3.63, 3.8) is 0 Å². The van der Waals surface area contributed by atoms with Crippen molar-refractivity contribution < 1.29 is 17.9 Å². The molecule has 7 heteroatoms. The van der Waals surface area contributed by atoms with Gasteiger partial charge in [0.1, 0.15) is 17.0 Å². The van der Waals surface area contributed by atoms with Gasteiger partial charge in [-0.15, -0.1) is 0 Å².